The molecule has 1 N–H and O–H groups in total. The molecule has 0 radical (unpaired) electrons. The summed E-state index contributed by atoms with van der Waals surface area (Å²) in [5.41, 5.74) is 3.53. The van der Waals surface area contributed by atoms with Crippen molar-refractivity contribution in [1.29, 1.82) is 0 Å². The van der Waals surface area contributed by atoms with E-state index in [4.69, 9.17) is 17.0 Å². The van der Waals surface area contributed by atoms with E-state index in [0.717, 1.165) is 44.1 Å². The van der Waals surface area contributed by atoms with E-state index in [1.54, 1.807) is 0 Å². The van der Waals surface area contributed by atoms with Crippen molar-refractivity contribution in [1.82, 2.24) is 0 Å². The average molecular weight is 465 g/mol. The average Bonchev–Trinajstić information content (AvgIpc) is 2.84. The van der Waals surface area contributed by atoms with Crippen molar-refractivity contribution in [2.45, 2.75) is 25.2 Å². The number of nitrogens with zero attached hydrogens (tertiary/aromatic N) is 1. The molecule has 0 aromatic heterocycles. The van der Waals surface area contributed by atoms with Crippen LogP contribution in [0.1, 0.15) is 31.4 Å². The van der Waals surface area contributed by atoms with E-state index in [9.17, 15) is 4.55 Å². The Hall–Kier alpha value is -1.41. The first-order chi connectivity index (χ1) is 13.0. The first kappa shape index (κ1) is 20.3. The number of benzodiazepines with no additional fused rings is 1. The number of thiocarbonyl (C=S) groups is 1. The number of rotatable bonds is 6. The second-order valence-corrected chi connectivity index (χ2v) is 9.11. The molecule has 1 heterocycles. The summed E-state index contributed by atoms with van der Waals surface area (Å²) < 4.78 is 18.9. The third-order valence-corrected chi connectivity index (χ3v) is 6.25. The number of hydrogen-bond acceptors (Lipinski definition) is 4. The van der Waals surface area contributed by atoms with E-state index in [1.165, 1.54) is 0 Å². The van der Waals surface area contributed by atoms with Gasteiger partial charge in [0.15, 0.2) is 4.90 Å². The molecule has 0 aliphatic carbocycles. The van der Waals surface area contributed by atoms with Crippen LogP contribution in [0.5, 0.6) is 5.75 Å². The Morgan fingerprint density at radius 3 is 2.85 bits per heavy atom. The van der Waals surface area contributed by atoms with E-state index < -0.39 is 11.2 Å². The zero-order valence-corrected chi connectivity index (χ0v) is 18.5. The smallest absolute Gasteiger partial charge is 0.153 e. The van der Waals surface area contributed by atoms with Gasteiger partial charge >= 0.3 is 0 Å². The van der Waals surface area contributed by atoms with Crippen LogP contribution in [0.25, 0.3) is 0 Å². The molecule has 0 bridgehead atoms. The number of nitrogens with one attached hydrogen (secondary N) is 1. The lowest BCUT2D eigenvalue weighted by molar-refractivity contribution is 0.315. The summed E-state index contributed by atoms with van der Waals surface area (Å²) in [5, 5.41) is 3.35. The van der Waals surface area contributed by atoms with Crippen molar-refractivity contribution in [3.05, 3.63) is 52.0 Å². The molecular formula is C20H21BrN2O2S2. The van der Waals surface area contributed by atoms with Crippen molar-refractivity contribution >= 4 is 55.7 Å². The molecule has 2 aromatic carbocycles. The minimum Gasteiger partial charge on any atom is -0.611 e. The van der Waals surface area contributed by atoms with Gasteiger partial charge in [-0.1, -0.05) is 31.3 Å². The van der Waals surface area contributed by atoms with Gasteiger partial charge in [-0.05, 0) is 52.6 Å². The Kier molecular flexibility index (Phi) is 6.92. The number of aliphatic imine (C=N–C) groups is 1. The van der Waals surface area contributed by atoms with Gasteiger partial charge in [-0.15, -0.1) is 0 Å². The highest BCUT2D eigenvalue weighted by atomic mass is 79.9. The quantitative estimate of drug-likeness (QED) is 0.484. The van der Waals surface area contributed by atoms with Crippen molar-refractivity contribution < 1.29 is 9.29 Å². The van der Waals surface area contributed by atoms with Gasteiger partial charge in [0.1, 0.15) is 16.5 Å². The lowest BCUT2D eigenvalue weighted by Crippen LogP contribution is -2.09. The zero-order chi connectivity index (χ0) is 19.4. The predicted molar refractivity (Wildman–Crippen MR) is 120 cm³/mol. The Morgan fingerprint density at radius 1 is 1.30 bits per heavy atom. The Balaban J connectivity index is 2.09. The highest BCUT2D eigenvalue weighted by Crippen LogP contribution is 2.34. The molecule has 0 saturated heterocycles. The Labute approximate surface area is 176 Å². The Bertz CT molecular complexity index is 886. The van der Waals surface area contributed by atoms with Gasteiger partial charge in [0.05, 0.1) is 23.3 Å². The molecule has 1 aliphatic heterocycles. The molecular weight excluding hydrogens is 444 g/mol. The molecule has 2 aromatic rings. The van der Waals surface area contributed by atoms with Crippen molar-refractivity contribution in [2.75, 3.05) is 24.2 Å². The van der Waals surface area contributed by atoms with Crippen LogP contribution in [0.3, 0.4) is 0 Å². The van der Waals surface area contributed by atoms with Crippen LogP contribution in [0.15, 0.2) is 50.8 Å². The molecule has 0 fully saturated rings. The molecule has 0 amide bonds. The molecule has 142 valence electrons. The van der Waals surface area contributed by atoms with E-state index >= 15 is 0 Å². The summed E-state index contributed by atoms with van der Waals surface area (Å²) in [6.07, 6.45) is 0.940. The zero-order valence-electron chi connectivity index (χ0n) is 15.3. The van der Waals surface area contributed by atoms with Gasteiger partial charge in [-0.3, -0.25) is 0 Å². The summed E-state index contributed by atoms with van der Waals surface area (Å²) >= 11 is 7.99. The normalized spacial score (nSPS) is 14.7. The summed E-state index contributed by atoms with van der Waals surface area (Å²) in [5.74, 6) is 1.37. The predicted octanol–water partition coefficient (Wildman–Crippen LogP) is 4.96. The fourth-order valence-electron chi connectivity index (χ4n) is 2.79. The van der Waals surface area contributed by atoms with Gasteiger partial charge in [-0.25, -0.2) is 4.99 Å². The fraction of sp³-hybridized carbons (Fsp3) is 0.300. The van der Waals surface area contributed by atoms with Crippen LogP contribution in [0, 0.1) is 0 Å². The molecule has 1 atom stereocenters. The molecule has 0 saturated carbocycles. The number of halogens is 1. The monoisotopic (exact) mass is 464 g/mol. The van der Waals surface area contributed by atoms with E-state index in [1.807, 2.05) is 43.3 Å². The first-order valence-electron chi connectivity index (χ1n) is 8.84. The number of hydrogen-bond donors (Lipinski definition) is 1. The Morgan fingerprint density at radius 2 is 2.11 bits per heavy atom. The second kappa shape index (κ2) is 9.19. The lowest BCUT2D eigenvalue weighted by Gasteiger charge is -2.15. The van der Waals surface area contributed by atoms with Gasteiger partial charge in [0, 0.05) is 28.9 Å². The second-order valence-electron chi connectivity index (χ2n) is 6.05. The van der Waals surface area contributed by atoms with Crippen molar-refractivity contribution in [3.63, 3.8) is 0 Å². The number of ether oxygens (including phenoxy) is 1. The molecule has 1 aliphatic rings. The van der Waals surface area contributed by atoms with E-state index in [-0.39, 0.29) is 0 Å². The summed E-state index contributed by atoms with van der Waals surface area (Å²) in [6.45, 7) is 5.13. The van der Waals surface area contributed by atoms with E-state index in [2.05, 4.69) is 33.2 Å². The molecule has 27 heavy (non-hydrogen) atoms. The summed E-state index contributed by atoms with van der Waals surface area (Å²) in [4.78, 5) is 6.05. The topological polar surface area (TPSA) is 56.7 Å². The third kappa shape index (κ3) is 4.71. The standard InChI is InChI=1S/C20H21BrN2O2S2/c1-3-8-25-18-11-17-15(10-16(18)21)20(23-19(26)12-22-17)13-6-5-7-14(9-13)27(24)4-2/h5-7,9-11,22H,3-4,8,12H2,1-2H3. The van der Waals surface area contributed by atoms with Crippen molar-refractivity contribution in [3.8, 4) is 5.75 Å². The summed E-state index contributed by atoms with van der Waals surface area (Å²) in [7, 11) is 0. The molecule has 0 spiro atoms. The third-order valence-electron chi connectivity index (χ3n) is 4.09. The maximum absolute atomic E-state index is 12.2. The minimum absolute atomic E-state index is 0.487. The minimum atomic E-state index is -1.02. The van der Waals surface area contributed by atoms with Crippen LogP contribution in [0.4, 0.5) is 5.69 Å². The van der Waals surface area contributed by atoms with Gasteiger partial charge < -0.3 is 14.6 Å². The molecule has 3 rings (SSSR count). The molecule has 7 heteroatoms. The van der Waals surface area contributed by atoms with Crippen LogP contribution in [-0.4, -0.2) is 34.2 Å². The van der Waals surface area contributed by atoms with E-state index in [0.29, 0.717) is 23.9 Å². The maximum Gasteiger partial charge on any atom is 0.153 e. The number of anilines is 1. The highest BCUT2D eigenvalue weighted by molar-refractivity contribution is 9.10. The van der Waals surface area contributed by atoms with Crippen molar-refractivity contribution in [2.24, 2.45) is 4.99 Å². The highest BCUT2D eigenvalue weighted by Gasteiger charge is 2.21. The van der Waals surface area contributed by atoms with Gasteiger partial charge in [-0.2, -0.15) is 0 Å². The first-order valence-corrected chi connectivity index (χ1v) is 11.4. The largest absolute Gasteiger partial charge is 0.611 e. The maximum atomic E-state index is 12.2. The van der Waals surface area contributed by atoms with Crippen LogP contribution in [-0.2, 0) is 11.2 Å². The molecule has 1 unspecified atom stereocenters. The van der Waals surface area contributed by atoms with Crippen LogP contribution in [0.2, 0.25) is 0 Å². The van der Waals surface area contributed by atoms with Gasteiger partial charge in [0.2, 0.25) is 0 Å². The number of fused-ring (bicyclic) bond motifs is 1. The lowest BCUT2D eigenvalue weighted by atomic mass is 10.0. The summed E-state index contributed by atoms with van der Waals surface area (Å²) in [6, 6.07) is 11.7. The number of benzene rings is 2. The SMILES string of the molecule is CCCOc1cc2c(cc1Br)C(c1cccc([S+]([O-])CC)c1)=NC(=S)CN2. The van der Waals surface area contributed by atoms with Gasteiger partial charge in [0.25, 0.3) is 0 Å². The van der Waals surface area contributed by atoms with Crippen LogP contribution >= 0.6 is 28.1 Å². The fourth-order valence-corrected chi connectivity index (χ4v) is 4.23. The van der Waals surface area contributed by atoms with Crippen LogP contribution < -0.4 is 10.1 Å². The molecule has 4 nitrogen and oxygen atoms in total.